The summed E-state index contributed by atoms with van der Waals surface area (Å²) in [5.41, 5.74) is 0.202. The van der Waals surface area contributed by atoms with Crippen LogP contribution in [-0.2, 0) is 6.54 Å². The Balaban J connectivity index is 2.11. The maximum absolute atomic E-state index is 13.6. The number of piperidine rings is 1. The number of rotatable bonds is 3. The van der Waals surface area contributed by atoms with Gasteiger partial charge in [-0.15, -0.1) is 0 Å². The van der Waals surface area contributed by atoms with E-state index in [1.54, 1.807) is 0 Å². The molecular weight excluding hydrogens is 266 g/mol. The highest BCUT2D eigenvalue weighted by Gasteiger charge is 2.27. The van der Waals surface area contributed by atoms with E-state index in [9.17, 15) is 18.7 Å². The molecular formula is C14H18F2N2O2. The van der Waals surface area contributed by atoms with Crippen LogP contribution in [0.3, 0.4) is 0 Å². The van der Waals surface area contributed by atoms with Crippen molar-refractivity contribution in [3.63, 3.8) is 0 Å². The van der Waals surface area contributed by atoms with Gasteiger partial charge < -0.3 is 14.9 Å². The van der Waals surface area contributed by atoms with Crippen LogP contribution in [0.2, 0.25) is 0 Å². The molecule has 6 heteroatoms. The number of hydrogen-bond donors (Lipinski definition) is 1. The molecule has 0 bridgehead atoms. The number of benzene rings is 1. The molecule has 0 spiro atoms. The molecule has 1 saturated heterocycles. The van der Waals surface area contributed by atoms with Crippen LogP contribution in [0.4, 0.5) is 13.6 Å². The largest absolute Gasteiger partial charge is 0.465 e. The summed E-state index contributed by atoms with van der Waals surface area (Å²) in [7, 11) is 1.99. The Bertz CT molecular complexity index is 488. The summed E-state index contributed by atoms with van der Waals surface area (Å²) in [5.74, 6) is -1.36. The average molecular weight is 284 g/mol. The van der Waals surface area contributed by atoms with Crippen molar-refractivity contribution >= 4 is 6.09 Å². The molecule has 1 heterocycles. The minimum atomic E-state index is -1.07. The molecule has 110 valence electrons. The minimum Gasteiger partial charge on any atom is -0.465 e. The Morgan fingerprint density at radius 1 is 1.40 bits per heavy atom. The molecule has 0 atom stereocenters. The SMILES string of the molecule is CN1CCC(N(Cc2ccc(F)cc2F)C(=O)O)CC1. The summed E-state index contributed by atoms with van der Waals surface area (Å²) >= 11 is 0. The Morgan fingerprint density at radius 3 is 2.60 bits per heavy atom. The Labute approximate surface area is 116 Å². The summed E-state index contributed by atoms with van der Waals surface area (Å²) in [6.45, 7) is 1.59. The monoisotopic (exact) mass is 284 g/mol. The van der Waals surface area contributed by atoms with Crippen molar-refractivity contribution < 1.29 is 18.7 Å². The van der Waals surface area contributed by atoms with Gasteiger partial charge in [0.05, 0.1) is 6.54 Å². The van der Waals surface area contributed by atoms with E-state index in [1.807, 2.05) is 7.05 Å². The molecule has 1 amide bonds. The molecule has 2 rings (SSSR count). The minimum absolute atomic E-state index is 0.0458. The van der Waals surface area contributed by atoms with Gasteiger partial charge in [0.15, 0.2) is 0 Å². The maximum atomic E-state index is 13.6. The molecule has 1 N–H and O–H groups in total. The molecule has 0 saturated carbocycles. The number of hydrogen-bond acceptors (Lipinski definition) is 2. The number of amides is 1. The normalized spacial score (nSPS) is 17.1. The molecule has 0 radical (unpaired) electrons. The van der Waals surface area contributed by atoms with Gasteiger partial charge in [-0.05, 0) is 39.0 Å². The van der Waals surface area contributed by atoms with Crippen LogP contribution in [0.5, 0.6) is 0 Å². The fourth-order valence-electron chi connectivity index (χ4n) is 2.49. The van der Waals surface area contributed by atoms with E-state index < -0.39 is 17.7 Å². The molecule has 0 unspecified atom stereocenters. The Morgan fingerprint density at radius 2 is 2.05 bits per heavy atom. The predicted octanol–water partition coefficient (Wildman–Crippen LogP) is 2.54. The zero-order valence-corrected chi connectivity index (χ0v) is 11.4. The summed E-state index contributed by atoms with van der Waals surface area (Å²) in [4.78, 5) is 14.8. The van der Waals surface area contributed by atoms with Crippen LogP contribution in [-0.4, -0.2) is 47.2 Å². The standard InChI is InChI=1S/C14H18F2N2O2/c1-17-6-4-12(5-7-17)18(14(19)20)9-10-2-3-11(15)8-13(10)16/h2-3,8,12H,4-7,9H2,1H3,(H,19,20). The van der Waals surface area contributed by atoms with Crippen molar-refractivity contribution in [1.82, 2.24) is 9.80 Å². The Kier molecular flexibility index (Phi) is 4.54. The molecule has 20 heavy (non-hydrogen) atoms. The molecule has 0 aliphatic carbocycles. The summed E-state index contributed by atoms with van der Waals surface area (Å²) in [5, 5.41) is 9.31. The van der Waals surface area contributed by atoms with Crippen LogP contribution in [0.1, 0.15) is 18.4 Å². The first-order valence-electron chi connectivity index (χ1n) is 6.59. The quantitative estimate of drug-likeness (QED) is 0.927. The van der Waals surface area contributed by atoms with Crippen molar-refractivity contribution in [1.29, 1.82) is 0 Å². The van der Waals surface area contributed by atoms with Crippen LogP contribution < -0.4 is 0 Å². The molecule has 1 aromatic rings. The highest BCUT2D eigenvalue weighted by molar-refractivity contribution is 5.65. The summed E-state index contributed by atoms with van der Waals surface area (Å²) in [6.07, 6.45) is 0.389. The van der Waals surface area contributed by atoms with Crippen LogP contribution in [0.25, 0.3) is 0 Å². The van der Waals surface area contributed by atoms with Crippen molar-refractivity contribution in [2.24, 2.45) is 0 Å². The highest BCUT2D eigenvalue weighted by atomic mass is 19.1. The molecule has 4 nitrogen and oxygen atoms in total. The van der Waals surface area contributed by atoms with Crippen molar-refractivity contribution in [2.45, 2.75) is 25.4 Å². The number of carbonyl (C=O) groups is 1. The van der Waals surface area contributed by atoms with Gasteiger partial charge in [-0.1, -0.05) is 6.07 Å². The zero-order chi connectivity index (χ0) is 14.7. The fourth-order valence-corrected chi connectivity index (χ4v) is 2.49. The first-order chi connectivity index (χ1) is 9.47. The van der Waals surface area contributed by atoms with Gasteiger partial charge in [0.1, 0.15) is 11.6 Å². The highest BCUT2D eigenvalue weighted by Crippen LogP contribution is 2.20. The predicted molar refractivity (Wildman–Crippen MR) is 70.4 cm³/mol. The Hall–Kier alpha value is -1.69. The van der Waals surface area contributed by atoms with E-state index >= 15 is 0 Å². The summed E-state index contributed by atoms with van der Waals surface area (Å²) in [6, 6.07) is 3.11. The van der Waals surface area contributed by atoms with Gasteiger partial charge >= 0.3 is 6.09 Å². The number of carboxylic acid groups (broad SMARTS) is 1. The second-order valence-corrected chi connectivity index (χ2v) is 5.18. The first-order valence-corrected chi connectivity index (χ1v) is 6.59. The van der Waals surface area contributed by atoms with E-state index in [0.717, 1.165) is 38.1 Å². The van der Waals surface area contributed by atoms with Gasteiger partial charge in [0, 0.05) is 17.7 Å². The lowest BCUT2D eigenvalue weighted by molar-refractivity contribution is 0.0921. The first kappa shape index (κ1) is 14.7. The fraction of sp³-hybridized carbons (Fsp3) is 0.500. The lowest BCUT2D eigenvalue weighted by atomic mass is 10.0. The zero-order valence-electron chi connectivity index (χ0n) is 11.4. The van der Waals surface area contributed by atoms with Gasteiger partial charge in [-0.3, -0.25) is 0 Å². The molecule has 1 aromatic carbocycles. The van der Waals surface area contributed by atoms with Crippen molar-refractivity contribution in [2.75, 3.05) is 20.1 Å². The molecule has 1 aliphatic rings. The van der Waals surface area contributed by atoms with E-state index in [1.165, 1.54) is 11.0 Å². The van der Waals surface area contributed by atoms with Gasteiger partial charge in [-0.2, -0.15) is 0 Å². The third kappa shape index (κ3) is 3.45. The van der Waals surface area contributed by atoms with Gasteiger partial charge in [0.2, 0.25) is 0 Å². The second-order valence-electron chi connectivity index (χ2n) is 5.18. The topological polar surface area (TPSA) is 43.8 Å². The van der Waals surface area contributed by atoms with Gasteiger partial charge in [0.25, 0.3) is 0 Å². The van der Waals surface area contributed by atoms with E-state index in [0.29, 0.717) is 0 Å². The average Bonchev–Trinajstić information content (AvgIpc) is 2.39. The van der Waals surface area contributed by atoms with E-state index in [4.69, 9.17) is 0 Å². The van der Waals surface area contributed by atoms with Crippen LogP contribution >= 0.6 is 0 Å². The van der Waals surface area contributed by atoms with Gasteiger partial charge in [-0.25, -0.2) is 13.6 Å². The smallest absolute Gasteiger partial charge is 0.407 e. The molecule has 1 fully saturated rings. The molecule has 1 aliphatic heterocycles. The lowest BCUT2D eigenvalue weighted by Gasteiger charge is -2.35. The van der Waals surface area contributed by atoms with Crippen molar-refractivity contribution in [3.8, 4) is 0 Å². The third-order valence-electron chi connectivity index (χ3n) is 3.73. The van der Waals surface area contributed by atoms with Crippen molar-refractivity contribution in [3.05, 3.63) is 35.4 Å². The third-order valence-corrected chi connectivity index (χ3v) is 3.73. The summed E-state index contributed by atoms with van der Waals surface area (Å²) < 4.78 is 26.5. The number of likely N-dealkylation sites (tertiary alicyclic amines) is 1. The second kappa shape index (κ2) is 6.17. The maximum Gasteiger partial charge on any atom is 0.407 e. The van der Waals surface area contributed by atoms with Crippen LogP contribution in [0.15, 0.2) is 18.2 Å². The molecule has 0 aromatic heterocycles. The van der Waals surface area contributed by atoms with Crippen LogP contribution in [0, 0.1) is 11.6 Å². The van der Waals surface area contributed by atoms with E-state index in [2.05, 4.69) is 4.90 Å². The lowest BCUT2D eigenvalue weighted by Crippen LogP contribution is -2.45. The number of nitrogens with zero attached hydrogens (tertiary/aromatic N) is 2. The number of halogens is 2. The van der Waals surface area contributed by atoms with E-state index in [-0.39, 0.29) is 18.2 Å².